The van der Waals surface area contributed by atoms with Crippen molar-refractivity contribution in [3.05, 3.63) is 62.8 Å². The Balaban J connectivity index is 2.48. The molecule has 0 radical (unpaired) electrons. The standard InChI is InChI=1S/C13H8BrClFNO/c14-9-6-7(4-5-10(9)16)13(18)8-2-1-3-11(17)12(8)15/h1-6H,17H2. The first kappa shape index (κ1) is 13.1. The number of carbonyl (C=O) groups is 1. The Kier molecular flexibility index (Phi) is 3.68. The van der Waals surface area contributed by atoms with Crippen molar-refractivity contribution in [1.82, 2.24) is 0 Å². The molecule has 0 fully saturated rings. The van der Waals surface area contributed by atoms with Crippen molar-refractivity contribution in [3.8, 4) is 0 Å². The number of nitrogen functional groups attached to an aromatic ring is 1. The highest BCUT2D eigenvalue weighted by atomic mass is 79.9. The molecule has 0 aliphatic heterocycles. The van der Waals surface area contributed by atoms with Crippen LogP contribution in [0.3, 0.4) is 0 Å². The zero-order chi connectivity index (χ0) is 13.3. The van der Waals surface area contributed by atoms with E-state index in [0.29, 0.717) is 16.8 Å². The Bertz CT molecular complexity index is 630. The summed E-state index contributed by atoms with van der Waals surface area (Å²) in [4.78, 5) is 12.2. The average molecular weight is 329 g/mol. The molecule has 0 bridgehead atoms. The van der Waals surface area contributed by atoms with E-state index in [1.807, 2.05) is 0 Å². The molecule has 5 heteroatoms. The monoisotopic (exact) mass is 327 g/mol. The number of rotatable bonds is 2. The largest absolute Gasteiger partial charge is 0.398 e. The van der Waals surface area contributed by atoms with Gasteiger partial charge in [0.05, 0.1) is 15.2 Å². The first-order valence-electron chi connectivity index (χ1n) is 5.04. The van der Waals surface area contributed by atoms with Crippen LogP contribution in [0.1, 0.15) is 15.9 Å². The van der Waals surface area contributed by atoms with Crippen molar-refractivity contribution in [2.45, 2.75) is 0 Å². The molecule has 0 spiro atoms. The smallest absolute Gasteiger partial charge is 0.194 e. The van der Waals surface area contributed by atoms with Gasteiger partial charge in [-0.2, -0.15) is 0 Å². The Hall–Kier alpha value is -1.39. The van der Waals surface area contributed by atoms with Gasteiger partial charge in [-0.05, 0) is 46.3 Å². The molecule has 2 rings (SSSR count). The van der Waals surface area contributed by atoms with Crippen LogP contribution in [-0.2, 0) is 0 Å². The van der Waals surface area contributed by atoms with Crippen LogP contribution < -0.4 is 5.73 Å². The fourth-order valence-corrected chi connectivity index (χ4v) is 2.11. The molecule has 18 heavy (non-hydrogen) atoms. The molecule has 0 atom stereocenters. The van der Waals surface area contributed by atoms with Crippen molar-refractivity contribution < 1.29 is 9.18 Å². The van der Waals surface area contributed by atoms with Gasteiger partial charge < -0.3 is 5.73 Å². The summed E-state index contributed by atoms with van der Waals surface area (Å²) in [6.07, 6.45) is 0. The Morgan fingerprint density at radius 1 is 1.28 bits per heavy atom. The van der Waals surface area contributed by atoms with E-state index in [2.05, 4.69) is 15.9 Å². The maximum atomic E-state index is 13.1. The summed E-state index contributed by atoms with van der Waals surface area (Å²) in [5.74, 6) is -0.724. The molecular formula is C13H8BrClFNO. The predicted octanol–water partition coefficient (Wildman–Crippen LogP) is 4.05. The van der Waals surface area contributed by atoms with Crippen LogP contribution in [0.25, 0.3) is 0 Å². The second-order valence-electron chi connectivity index (χ2n) is 3.67. The third-order valence-electron chi connectivity index (χ3n) is 2.46. The summed E-state index contributed by atoms with van der Waals surface area (Å²) in [7, 11) is 0. The van der Waals surface area contributed by atoms with Crippen LogP contribution in [-0.4, -0.2) is 5.78 Å². The molecule has 2 N–H and O–H groups in total. The molecular weight excluding hydrogens is 321 g/mol. The molecule has 2 aromatic rings. The molecule has 92 valence electrons. The molecule has 0 aromatic heterocycles. The minimum Gasteiger partial charge on any atom is -0.398 e. The van der Waals surface area contributed by atoms with Crippen LogP contribution >= 0.6 is 27.5 Å². The van der Waals surface area contributed by atoms with Gasteiger partial charge in [0.25, 0.3) is 0 Å². The van der Waals surface area contributed by atoms with Crippen LogP contribution in [0, 0.1) is 5.82 Å². The number of hydrogen-bond acceptors (Lipinski definition) is 2. The van der Waals surface area contributed by atoms with Gasteiger partial charge in [-0.25, -0.2) is 4.39 Å². The summed E-state index contributed by atoms with van der Waals surface area (Å²) in [6, 6.07) is 8.88. The van der Waals surface area contributed by atoms with E-state index in [-0.39, 0.29) is 15.3 Å². The summed E-state index contributed by atoms with van der Waals surface area (Å²) in [6.45, 7) is 0. The van der Waals surface area contributed by atoms with Gasteiger partial charge >= 0.3 is 0 Å². The summed E-state index contributed by atoms with van der Waals surface area (Å²) in [5, 5.41) is 0.211. The third kappa shape index (κ3) is 2.40. The minimum atomic E-state index is -0.426. The van der Waals surface area contributed by atoms with Gasteiger partial charge in [-0.1, -0.05) is 17.7 Å². The zero-order valence-corrected chi connectivity index (χ0v) is 11.4. The van der Waals surface area contributed by atoms with Gasteiger partial charge in [0, 0.05) is 11.1 Å². The molecule has 0 saturated heterocycles. The molecule has 2 aromatic carbocycles. The Morgan fingerprint density at radius 3 is 2.67 bits per heavy atom. The van der Waals surface area contributed by atoms with Crippen LogP contribution in [0.4, 0.5) is 10.1 Å². The number of nitrogens with two attached hydrogens (primary N) is 1. The van der Waals surface area contributed by atoms with Gasteiger partial charge in [0.15, 0.2) is 5.78 Å². The number of carbonyl (C=O) groups excluding carboxylic acids is 1. The lowest BCUT2D eigenvalue weighted by molar-refractivity contribution is 0.103. The topological polar surface area (TPSA) is 43.1 Å². The van der Waals surface area contributed by atoms with Gasteiger partial charge in [-0.15, -0.1) is 0 Å². The highest BCUT2D eigenvalue weighted by molar-refractivity contribution is 9.10. The third-order valence-corrected chi connectivity index (χ3v) is 3.48. The van der Waals surface area contributed by atoms with Crippen molar-refractivity contribution in [3.63, 3.8) is 0 Å². The first-order chi connectivity index (χ1) is 8.50. The van der Waals surface area contributed by atoms with E-state index in [1.165, 1.54) is 18.2 Å². The summed E-state index contributed by atoms with van der Waals surface area (Å²) in [5.41, 5.74) is 6.62. The molecule has 0 aliphatic rings. The highest BCUT2D eigenvalue weighted by Gasteiger charge is 2.15. The second-order valence-corrected chi connectivity index (χ2v) is 4.90. The number of ketones is 1. The van der Waals surface area contributed by atoms with Gasteiger partial charge in [0.2, 0.25) is 0 Å². The van der Waals surface area contributed by atoms with Crippen LogP contribution in [0.2, 0.25) is 5.02 Å². The maximum absolute atomic E-state index is 13.1. The number of hydrogen-bond donors (Lipinski definition) is 1. The molecule has 0 heterocycles. The van der Waals surface area contributed by atoms with Gasteiger partial charge in [0.1, 0.15) is 5.82 Å². The normalized spacial score (nSPS) is 10.4. The molecule has 0 aliphatic carbocycles. The van der Waals surface area contributed by atoms with Crippen molar-refractivity contribution in [2.75, 3.05) is 5.73 Å². The van der Waals surface area contributed by atoms with Crippen LogP contribution in [0.15, 0.2) is 40.9 Å². The second kappa shape index (κ2) is 5.08. The zero-order valence-electron chi connectivity index (χ0n) is 9.08. The molecule has 0 saturated carbocycles. The van der Waals surface area contributed by atoms with E-state index < -0.39 is 5.82 Å². The van der Waals surface area contributed by atoms with Crippen molar-refractivity contribution in [2.24, 2.45) is 0 Å². The SMILES string of the molecule is Nc1cccc(C(=O)c2ccc(F)c(Br)c2)c1Cl. The average Bonchev–Trinajstić information content (AvgIpc) is 2.35. The van der Waals surface area contributed by atoms with Crippen LogP contribution in [0.5, 0.6) is 0 Å². The predicted molar refractivity (Wildman–Crippen MR) is 73.4 cm³/mol. The number of anilines is 1. The Morgan fingerprint density at radius 2 is 2.00 bits per heavy atom. The lowest BCUT2D eigenvalue weighted by Crippen LogP contribution is -2.04. The first-order valence-corrected chi connectivity index (χ1v) is 6.21. The number of halogens is 3. The summed E-state index contributed by atoms with van der Waals surface area (Å²) < 4.78 is 13.3. The number of benzene rings is 2. The minimum absolute atomic E-state index is 0.211. The maximum Gasteiger partial charge on any atom is 0.194 e. The lowest BCUT2D eigenvalue weighted by Gasteiger charge is -2.06. The van der Waals surface area contributed by atoms with Crippen molar-refractivity contribution in [1.29, 1.82) is 0 Å². The quantitative estimate of drug-likeness (QED) is 0.667. The van der Waals surface area contributed by atoms with E-state index in [0.717, 1.165) is 0 Å². The Labute approximate surface area is 117 Å². The van der Waals surface area contributed by atoms with Gasteiger partial charge in [-0.3, -0.25) is 4.79 Å². The van der Waals surface area contributed by atoms with E-state index in [9.17, 15) is 9.18 Å². The molecule has 2 nitrogen and oxygen atoms in total. The molecule has 0 unspecified atom stereocenters. The summed E-state index contributed by atoms with van der Waals surface area (Å²) >= 11 is 9.01. The fraction of sp³-hybridized carbons (Fsp3) is 0. The van der Waals surface area contributed by atoms with E-state index in [4.69, 9.17) is 17.3 Å². The van der Waals surface area contributed by atoms with E-state index in [1.54, 1.807) is 18.2 Å². The highest BCUT2D eigenvalue weighted by Crippen LogP contribution is 2.26. The fourth-order valence-electron chi connectivity index (χ4n) is 1.52. The molecule has 0 amide bonds. The van der Waals surface area contributed by atoms with E-state index >= 15 is 0 Å². The van der Waals surface area contributed by atoms with Crippen molar-refractivity contribution >= 4 is 39.0 Å². The lowest BCUT2D eigenvalue weighted by atomic mass is 10.0.